The van der Waals surface area contributed by atoms with E-state index in [0.29, 0.717) is 18.4 Å². The number of ether oxygens (including phenoxy) is 2. The fourth-order valence-corrected chi connectivity index (χ4v) is 3.58. The number of hydrogen-bond acceptors (Lipinski definition) is 9. The molecule has 1 saturated heterocycles. The molecule has 0 aromatic heterocycles. The summed E-state index contributed by atoms with van der Waals surface area (Å²) < 4.78 is 10.9. The molecule has 186 valence electrons. The molecule has 1 aromatic rings. The van der Waals surface area contributed by atoms with Gasteiger partial charge in [-0.3, -0.25) is 9.59 Å². The number of aliphatic carboxylic acids is 1. The fourth-order valence-electron chi connectivity index (χ4n) is 3.58. The Hall–Kier alpha value is -2.01. The van der Waals surface area contributed by atoms with Crippen LogP contribution >= 0.6 is 0 Å². The summed E-state index contributed by atoms with van der Waals surface area (Å²) >= 11 is 0. The van der Waals surface area contributed by atoms with Crippen molar-refractivity contribution in [2.75, 3.05) is 13.2 Å². The van der Waals surface area contributed by atoms with Crippen LogP contribution in [0.15, 0.2) is 30.3 Å². The predicted molar refractivity (Wildman–Crippen MR) is 116 cm³/mol. The summed E-state index contributed by atoms with van der Waals surface area (Å²) in [5.74, 6) is -3.00. The van der Waals surface area contributed by atoms with Gasteiger partial charge in [0.25, 0.3) is 5.91 Å². The molecule has 1 heterocycles. The van der Waals surface area contributed by atoms with Gasteiger partial charge in [0.2, 0.25) is 11.7 Å². The Kier molecular flexibility index (Phi) is 12.9. The Morgan fingerprint density at radius 3 is 2.54 bits per heavy atom. The first-order valence-corrected chi connectivity index (χ1v) is 10.7. The standard InChI is InChI=1S/C23H30N2O9.Na/c1-3-4-8-11-33-23(22(31)32)12-16(27)18(25-14(2)26)20(34-23)19(29)17(28)13-24-21(30)15-9-6-5-7-10-15;/h1,5-7,9-10,16-20,27-29H,4,8,11-13H2,2H3,(H,24,30)(H,25,26)(H,31,32);/q;+1/p-1/t16-,17+,18+,19+,20?,23+;/m0./s1. The molecule has 6 atom stereocenters. The van der Waals surface area contributed by atoms with Gasteiger partial charge in [0.1, 0.15) is 18.2 Å². The third-order valence-electron chi connectivity index (χ3n) is 5.29. The van der Waals surface area contributed by atoms with Crippen LogP contribution in [-0.4, -0.2) is 82.5 Å². The summed E-state index contributed by atoms with van der Waals surface area (Å²) in [6.45, 7) is 0.580. The van der Waals surface area contributed by atoms with E-state index in [1.807, 2.05) is 0 Å². The van der Waals surface area contributed by atoms with E-state index in [1.54, 1.807) is 30.3 Å². The van der Waals surface area contributed by atoms with Crippen LogP contribution in [0.4, 0.5) is 0 Å². The zero-order chi connectivity index (χ0) is 25.3. The first-order valence-electron chi connectivity index (χ1n) is 10.7. The molecule has 1 fully saturated rings. The van der Waals surface area contributed by atoms with Gasteiger partial charge in [-0.2, -0.15) is 0 Å². The molecule has 35 heavy (non-hydrogen) atoms. The molecule has 1 aliphatic rings. The minimum absolute atomic E-state index is 0. The van der Waals surface area contributed by atoms with E-state index in [9.17, 15) is 34.8 Å². The smallest absolute Gasteiger partial charge is 0.544 e. The Bertz CT molecular complexity index is 895. The second-order valence-electron chi connectivity index (χ2n) is 7.91. The van der Waals surface area contributed by atoms with Gasteiger partial charge in [-0.05, 0) is 18.6 Å². The number of carboxylic acid groups (broad SMARTS) is 1. The molecule has 0 spiro atoms. The molecule has 12 heteroatoms. The van der Waals surface area contributed by atoms with Gasteiger partial charge in [-0.15, -0.1) is 12.3 Å². The van der Waals surface area contributed by atoms with Crippen molar-refractivity contribution >= 4 is 17.8 Å². The number of benzene rings is 1. The van der Waals surface area contributed by atoms with Crippen molar-refractivity contribution in [1.29, 1.82) is 0 Å². The van der Waals surface area contributed by atoms with E-state index < -0.39 is 67.0 Å². The number of hydrogen-bond donors (Lipinski definition) is 5. The number of unbranched alkanes of at least 4 members (excludes halogenated alkanes) is 1. The molecule has 1 aromatic carbocycles. The van der Waals surface area contributed by atoms with Crippen molar-refractivity contribution in [1.82, 2.24) is 10.6 Å². The molecular weight excluding hydrogens is 471 g/mol. The van der Waals surface area contributed by atoms with Crippen molar-refractivity contribution in [3.05, 3.63) is 35.9 Å². The molecular formula is C23H29N2NaO9. The van der Waals surface area contributed by atoms with Crippen LogP contribution in [0, 0.1) is 12.3 Å². The Morgan fingerprint density at radius 1 is 1.31 bits per heavy atom. The van der Waals surface area contributed by atoms with Crippen LogP contribution in [0.3, 0.4) is 0 Å². The summed E-state index contributed by atoms with van der Waals surface area (Å²) in [5.41, 5.74) is 0.320. The number of aliphatic hydroxyl groups is 3. The number of terminal acetylenes is 1. The summed E-state index contributed by atoms with van der Waals surface area (Å²) in [7, 11) is 0. The molecule has 2 rings (SSSR count). The van der Waals surface area contributed by atoms with E-state index in [0.717, 1.165) is 6.92 Å². The minimum Gasteiger partial charge on any atom is -0.544 e. The Morgan fingerprint density at radius 2 is 1.97 bits per heavy atom. The maximum atomic E-state index is 12.2. The quantitative estimate of drug-likeness (QED) is 0.113. The number of nitrogens with one attached hydrogen (secondary N) is 2. The van der Waals surface area contributed by atoms with E-state index in [2.05, 4.69) is 16.6 Å². The average Bonchev–Trinajstić information content (AvgIpc) is 2.81. The summed E-state index contributed by atoms with van der Waals surface area (Å²) in [4.78, 5) is 35.8. The van der Waals surface area contributed by atoms with Crippen LogP contribution in [0.1, 0.15) is 36.5 Å². The van der Waals surface area contributed by atoms with Crippen LogP contribution < -0.4 is 45.3 Å². The number of carbonyl (C=O) groups is 3. The summed E-state index contributed by atoms with van der Waals surface area (Å²) in [6.07, 6.45) is -1.49. The van der Waals surface area contributed by atoms with E-state index in [-0.39, 0.29) is 36.2 Å². The number of carbonyl (C=O) groups excluding carboxylic acids is 3. The van der Waals surface area contributed by atoms with Gasteiger partial charge in [0.05, 0.1) is 24.9 Å². The largest absolute Gasteiger partial charge is 1.00 e. The van der Waals surface area contributed by atoms with Crippen molar-refractivity contribution in [2.45, 2.75) is 62.4 Å². The zero-order valence-electron chi connectivity index (χ0n) is 19.7. The van der Waals surface area contributed by atoms with Gasteiger partial charge in [-0.25, -0.2) is 0 Å². The van der Waals surface area contributed by atoms with Crippen LogP contribution in [0.25, 0.3) is 0 Å². The van der Waals surface area contributed by atoms with Crippen molar-refractivity contribution in [2.24, 2.45) is 0 Å². The van der Waals surface area contributed by atoms with E-state index >= 15 is 0 Å². The second kappa shape index (κ2) is 14.5. The third kappa shape index (κ3) is 8.56. The monoisotopic (exact) mass is 500 g/mol. The molecule has 1 aliphatic heterocycles. The van der Waals surface area contributed by atoms with E-state index in [1.165, 1.54) is 0 Å². The molecule has 1 unspecified atom stereocenters. The van der Waals surface area contributed by atoms with Gasteiger partial charge < -0.3 is 45.3 Å². The Balaban J connectivity index is 0.00000612. The number of rotatable bonds is 11. The number of carboxylic acids is 1. The number of amides is 2. The normalized spacial score (nSPS) is 25.3. The summed E-state index contributed by atoms with van der Waals surface area (Å²) in [6, 6.07) is 6.85. The maximum Gasteiger partial charge on any atom is 1.00 e. The first-order chi connectivity index (χ1) is 16.1. The van der Waals surface area contributed by atoms with Gasteiger partial charge in [0, 0.05) is 31.9 Å². The van der Waals surface area contributed by atoms with Crippen molar-refractivity contribution < 1.29 is 73.8 Å². The van der Waals surface area contributed by atoms with Crippen LogP contribution in [0.2, 0.25) is 0 Å². The first kappa shape index (κ1) is 31.0. The fraction of sp³-hybridized carbons (Fsp3) is 0.522. The van der Waals surface area contributed by atoms with Crippen LogP contribution in [0.5, 0.6) is 0 Å². The number of aliphatic hydroxyl groups excluding tert-OH is 3. The van der Waals surface area contributed by atoms with Gasteiger partial charge >= 0.3 is 29.6 Å². The molecule has 0 radical (unpaired) electrons. The summed E-state index contributed by atoms with van der Waals surface area (Å²) in [5, 5.41) is 48.6. The van der Waals surface area contributed by atoms with E-state index in [4.69, 9.17) is 15.9 Å². The minimum atomic E-state index is -2.46. The van der Waals surface area contributed by atoms with Crippen molar-refractivity contribution in [3.8, 4) is 12.3 Å². The molecule has 2 amide bonds. The predicted octanol–water partition coefficient (Wildman–Crippen LogP) is -5.33. The average molecular weight is 500 g/mol. The molecule has 5 N–H and O–H groups in total. The third-order valence-corrected chi connectivity index (χ3v) is 5.29. The SMILES string of the molecule is C#CCCCO[C@]1(C(=O)[O-])C[C@H](O)[C@@H](NC(C)=O)C([C@H](O)[C@H](O)CNC(=O)c2ccccc2)O1.[Na+]. The zero-order valence-corrected chi connectivity index (χ0v) is 21.7. The van der Waals surface area contributed by atoms with Gasteiger partial charge in [0.15, 0.2) is 0 Å². The molecule has 0 aliphatic carbocycles. The molecule has 0 bridgehead atoms. The van der Waals surface area contributed by atoms with Crippen molar-refractivity contribution in [3.63, 3.8) is 0 Å². The van der Waals surface area contributed by atoms with Gasteiger partial charge in [-0.1, -0.05) is 18.2 Å². The maximum absolute atomic E-state index is 12.2. The second-order valence-corrected chi connectivity index (χ2v) is 7.91. The topological polar surface area (TPSA) is 177 Å². The molecule has 11 nitrogen and oxygen atoms in total. The molecule has 0 saturated carbocycles. The van der Waals surface area contributed by atoms with Crippen LogP contribution in [-0.2, 0) is 19.1 Å². The Labute approximate surface area is 225 Å².